The second-order valence-corrected chi connectivity index (χ2v) is 5.27. The molecule has 1 aromatic rings. The molecule has 1 unspecified atom stereocenters. The number of hydrogen-bond donors (Lipinski definition) is 1. The van der Waals surface area contributed by atoms with E-state index < -0.39 is 0 Å². The van der Waals surface area contributed by atoms with Crippen molar-refractivity contribution in [3.63, 3.8) is 0 Å². The van der Waals surface area contributed by atoms with E-state index in [1.807, 2.05) is 24.1 Å². The van der Waals surface area contributed by atoms with Crippen molar-refractivity contribution in [1.29, 1.82) is 0 Å². The molecule has 1 amide bonds. The summed E-state index contributed by atoms with van der Waals surface area (Å²) in [5, 5.41) is 0. The van der Waals surface area contributed by atoms with Crippen LogP contribution in [0.5, 0.6) is 0 Å². The summed E-state index contributed by atoms with van der Waals surface area (Å²) in [5.74, 6) is 0.257. The number of hydrogen-bond acceptors (Lipinski definition) is 3. The van der Waals surface area contributed by atoms with Crippen LogP contribution in [0.4, 0.5) is 5.69 Å². The van der Waals surface area contributed by atoms with E-state index >= 15 is 0 Å². The molecule has 96 valence electrons. The van der Waals surface area contributed by atoms with Crippen LogP contribution in [0, 0.1) is 0 Å². The highest BCUT2D eigenvalue weighted by molar-refractivity contribution is 5.83. The van der Waals surface area contributed by atoms with Crippen molar-refractivity contribution in [2.24, 2.45) is 0 Å². The lowest BCUT2D eigenvalue weighted by atomic mass is 9.96. The topological polar surface area (TPSA) is 49.6 Å². The van der Waals surface area contributed by atoms with Crippen LogP contribution in [-0.4, -0.2) is 41.9 Å². The van der Waals surface area contributed by atoms with Crippen LogP contribution in [0.25, 0.3) is 0 Å². The average Bonchev–Trinajstić information content (AvgIpc) is 2.70. The van der Waals surface area contributed by atoms with Gasteiger partial charge in [-0.2, -0.15) is 0 Å². The van der Waals surface area contributed by atoms with Crippen LogP contribution in [0.3, 0.4) is 0 Å². The Kier molecular flexibility index (Phi) is 2.74. The molecule has 1 atom stereocenters. The molecule has 1 fully saturated rings. The third-order valence-corrected chi connectivity index (χ3v) is 4.18. The van der Waals surface area contributed by atoms with E-state index in [0.29, 0.717) is 0 Å². The first-order valence-electron chi connectivity index (χ1n) is 6.52. The van der Waals surface area contributed by atoms with Crippen LogP contribution in [0.2, 0.25) is 0 Å². The normalized spacial score (nSPS) is 24.4. The van der Waals surface area contributed by atoms with Gasteiger partial charge in [0.15, 0.2) is 0 Å². The summed E-state index contributed by atoms with van der Waals surface area (Å²) < 4.78 is 0. The Balaban J connectivity index is 1.83. The lowest BCUT2D eigenvalue weighted by molar-refractivity contribution is -0.131. The Bertz CT molecular complexity index is 486. The number of rotatable bonds is 1. The first-order chi connectivity index (χ1) is 8.66. The van der Waals surface area contributed by atoms with Gasteiger partial charge in [0.1, 0.15) is 0 Å². The van der Waals surface area contributed by atoms with E-state index in [4.69, 9.17) is 5.73 Å². The minimum Gasteiger partial charge on any atom is -0.398 e. The van der Waals surface area contributed by atoms with E-state index in [1.54, 1.807) is 0 Å². The van der Waals surface area contributed by atoms with Gasteiger partial charge in [0.2, 0.25) is 5.91 Å². The van der Waals surface area contributed by atoms with E-state index in [2.05, 4.69) is 11.0 Å². The summed E-state index contributed by atoms with van der Waals surface area (Å²) in [6.45, 7) is 2.64. The fourth-order valence-corrected chi connectivity index (χ4v) is 3.04. The Morgan fingerprint density at radius 2 is 2.17 bits per heavy atom. The zero-order valence-electron chi connectivity index (χ0n) is 10.7. The highest BCUT2D eigenvalue weighted by atomic mass is 16.2. The highest BCUT2D eigenvalue weighted by Gasteiger charge is 2.35. The molecule has 2 N–H and O–H groups in total. The van der Waals surface area contributed by atoms with Crippen molar-refractivity contribution in [3.8, 4) is 0 Å². The molecule has 0 saturated carbocycles. The molecular formula is C14H19N3O. The van der Waals surface area contributed by atoms with Crippen molar-refractivity contribution in [2.45, 2.75) is 25.4 Å². The molecule has 2 heterocycles. The van der Waals surface area contributed by atoms with E-state index in [-0.39, 0.29) is 11.9 Å². The monoisotopic (exact) mass is 245 g/mol. The number of amides is 1. The van der Waals surface area contributed by atoms with Crippen LogP contribution in [0.1, 0.15) is 17.5 Å². The summed E-state index contributed by atoms with van der Waals surface area (Å²) in [6.07, 6.45) is 1.94. The number of nitrogens with zero attached hydrogens (tertiary/aromatic N) is 2. The van der Waals surface area contributed by atoms with Crippen molar-refractivity contribution in [3.05, 3.63) is 29.3 Å². The van der Waals surface area contributed by atoms with E-state index in [1.165, 1.54) is 11.1 Å². The fourth-order valence-electron chi connectivity index (χ4n) is 3.04. The molecule has 2 aliphatic heterocycles. The SMILES string of the molecule is CN1CCC(N2CCc3cccc(N)c3C2)C1=O. The maximum absolute atomic E-state index is 12.1. The van der Waals surface area contributed by atoms with Crippen LogP contribution in [-0.2, 0) is 17.8 Å². The molecule has 4 heteroatoms. The summed E-state index contributed by atoms with van der Waals surface area (Å²) in [5.41, 5.74) is 9.45. The van der Waals surface area contributed by atoms with Crippen molar-refractivity contribution in [1.82, 2.24) is 9.80 Å². The molecule has 3 rings (SSSR count). The third kappa shape index (κ3) is 1.77. The van der Waals surface area contributed by atoms with Gasteiger partial charge in [0, 0.05) is 32.4 Å². The molecule has 0 bridgehead atoms. The number of nitrogens with two attached hydrogens (primary N) is 1. The number of anilines is 1. The second kappa shape index (κ2) is 4.28. The van der Waals surface area contributed by atoms with E-state index in [0.717, 1.165) is 38.2 Å². The number of likely N-dealkylation sites (tertiary alicyclic amines) is 1. The van der Waals surface area contributed by atoms with Gasteiger partial charge >= 0.3 is 0 Å². The molecule has 0 aromatic heterocycles. The molecule has 2 aliphatic rings. The number of benzene rings is 1. The quantitative estimate of drug-likeness (QED) is 0.747. The zero-order valence-corrected chi connectivity index (χ0v) is 10.7. The van der Waals surface area contributed by atoms with Gasteiger partial charge < -0.3 is 10.6 Å². The third-order valence-electron chi connectivity index (χ3n) is 4.18. The smallest absolute Gasteiger partial charge is 0.239 e. The Morgan fingerprint density at radius 3 is 2.89 bits per heavy atom. The predicted molar refractivity (Wildman–Crippen MR) is 71.0 cm³/mol. The summed E-state index contributed by atoms with van der Waals surface area (Å²) >= 11 is 0. The molecule has 1 aromatic carbocycles. The Morgan fingerprint density at radius 1 is 1.33 bits per heavy atom. The van der Waals surface area contributed by atoms with Gasteiger partial charge in [-0.3, -0.25) is 9.69 Å². The fraction of sp³-hybridized carbons (Fsp3) is 0.500. The van der Waals surface area contributed by atoms with Crippen LogP contribution >= 0.6 is 0 Å². The van der Waals surface area contributed by atoms with Crippen molar-refractivity contribution in [2.75, 3.05) is 25.9 Å². The van der Waals surface area contributed by atoms with E-state index in [9.17, 15) is 4.79 Å². The molecule has 1 saturated heterocycles. The first-order valence-corrected chi connectivity index (χ1v) is 6.52. The summed E-state index contributed by atoms with van der Waals surface area (Å²) in [6, 6.07) is 6.16. The standard InChI is InChI=1S/C14H19N3O/c1-16-7-6-13(14(16)18)17-8-5-10-3-2-4-12(15)11(10)9-17/h2-4,13H,5-9,15H2,1H3. The largest absolute Gasteiger partial charge is 0.398 e. The number of likely N-dealkylation sites (N-methyl/N-ethyl adjacent to an activating group) is 1. The maximum Gasteiger partial charge on any atom is 0.239 e. The number of carbonyl (C=O) groups is 1. The minimum atomic E-state index is 0.0581. The van der Waals surface area contributed by atoms with Crippen molar-refractivity contribution < 1.29 is 4.79 Å². The molecular weight excluding hydrogens is 226 g/mol. The number of fused-ring (bicyclic) bond motifs is 1. The van der Waals surface area contributed by atoms with Gasteiger partial charge in [-0.15, -0.1) is 0 Å². The van der Waals surface area contributed by atoms with Gasteiger partial charge in [0.25, 0.3) is 0 Å². The minimum absolute atomic E-state index is 0.0581. The second-order valence-electron chi connectivity index (χ2n) is 5.27. The molecule has 4 nitrogen and oxygen atoms in total. The first kappa shape index (κ1) is 11.5. The molecule has 18 heavy (non-hydrogen) atoms. The zero-order chi connectivity index (χ0) is 12.7. The molecule has 0 aliphatic carbocycles. The number of nitrogen functional groups attached to an aromatic ring is 1. The summed E-state index contributed by atoms with van der Waals surface area (Å²) in [4.78, 5) is 16.2. The maximum atomic E-state index is 12.1. The molecule has 0 radical (unpaired) electrons. The van der Waals surface area contributed by atoms with Gasteiger partial charge in [-0.1, -0.05) is 12.1 Å². The van der Waals surface area contributed by atoms with Crippen LogP contribution < -0.4 is 5.73 Å². The van der Waals surface area contributed by atoms with Gasteiger partial charge in [-0.05, 0) is 30.0 Å². The van der Waals surface area contributed by atoms with Crippen molar-refractivity contribution >= 4 is 11.6 Å². The molecule has 0 spiro atoms. The average molecular weight is 245 g/mol. The van der Waals surface area contributed by atoms with Gasteiger partial charge in [-0.25, -0.2) is 0 Å². The Labute approximate surface area is 107 Å². The predicted octanol–water partition coefficient (Wildman–Crippen LogP) is 0.858. The lowest BCUT2D eigenvalue weighted by Crippen LogP contribution is -2.43. The number of carbonyl (C=O) groups excluding carboxylic acids is 1. The van der Waals surface area contributed by atoms with Crippen LogP contribution in [0.15, 0.2) is 18.2 Å². The highest BCUT2D eigenvalue weighted by Crippen LogP contribution is 2.27. The Hall–Kier alpha value is -1.55. The summed E-state index contributed by atoms with van der Waals surface area (Å²) in [7, 11) is 1.88. The lowest BCUT2D eigenvalue weighted by Gasteiger charge is -2.33. The van der Waals surface area contributed by atoms with Gasteiger partial charge in [0.05, 0.1) is 6.04 Å².